The average Bonchev–Trinajstić information content (AvgIpc) is 2.99. The molecule has 1 aromatic heterocycles. The van der Waals surface area contributed by atoms with Gasteiger partial charge in [0, 0.05) is 24.5 Å². The fourth-order valence-electron chi connectivity index (χ4n) is 3.34. The average molecular weight is 315 g/mol. The van der Waals surface area contributed by atoms with Gasteiger partial charge in [0.2, 0.25) is 0 Å². The largest absolute Gasteiger partial charge is 0.348 e. The molecule has 6 nitrogen and oxygen atoms in total. The minimum atomic E-state index is -0.615. The molecule has 122 valence electrons. The summed E-state index contributed by atoms with van der Waals surface area (Å²) in [6.45, 7) is 2.73. The van der Waals surface area contributed by atoms with E-state index in [0.717, 1.165) is 44.3 Å². The van der Waals surface area contributed by atoms with Crippen molar-refractivity contribution in [2.75, 3.05) is 0 Å². The highest BCUT2D eigenvalue weighted by Crippen LogP contribution is 2.26. The summed E-state index contributed by atoms with van der Waals surface area (Å²) in [7, 11) is 0. The Morgan fingerprint density at radius 1 is 1.22 bits per heavy atom. The number of imide groups is 2. The van der Waals surface area contributed by atoms with Gasteiger partial charge in [-0.25, -0.2) is 4.79 Å². The predicted octanol–water partition coefficient (Wildman–Crippen LogP) is 2.30. The Balaban J connectivity index is 1.92. The van der Waals surface area contributed by atoms with E-state index >= 15 is 0 Å². The summed E-state index contributed by atoms with van der Waals surface area (Å²) in [4.78, 5) is 38.2. The van der Waals surface area contributed by atoms with E-state index in [-0.39, 0.29) is 11.6 Å². The summed E-state index contributed by atoms with van der Waals surface area (Å²) in [6.07, 6.45) is 8.23. The number of nitrogens with zero attached hydrogens (tertiary/aromatic N) is 2. The molecule has 6 heteroatoms. The lowest BCUT2D eigenvalue weighted by Gasteiger charge is -2.35. The minimum Gasteiger partial charge on any atom is -0.348 e. The number of amides is 4. The standard InChI is InChI=1S/C17H21N3O3/c1-2-19-10-6-9-13(19)11-14-15(21)18-17(23)20(16(14)22)12-7-4-3-5-8-12/h6,9-12H,2-5,7-8H2,1H3,(H,18,21,23). The van der Waals surface area contributed by atoms with Gasteiger partial charge < -0.3 is 4.57 Å². The number of aryl methyl sites for hydroxylation is 1. The van der Waals surface area contributed by atoms with Gasteiger partial charge in [-0.1, -0.05) is 19.3 Å². The van der Waals surface area contributed by atoms with Crippen molar-refractivity contribution >= 4 is 23.9 Å². The van der Waals surface area contributed by atoms with Crippen LogP contribution in [0.5, 0.6) is 0 Å². The Labute approximate surface area is 135 Å². The number of carbonyl (C=O) groups excluding carboxylic acids is 3. The van der Waals surface area contributed by atoms with Gasteiger partial charge in [-0.15, -0.1) is 0 Å². The number of barbiturate groups is 1. The first-order chi connectivity index (χ1) is 11.1. The number of hydrogen-bond acceptors (Lipinski definition) is 3. The van der Waals surface area contributed by atoms with Crippen LogP contribution in [0.3, 0.4) is 0 Å². The number of urea groups is 1. The van der Waals surface area contributed by atoms with Gasteiger partial charge in [0.05, 0.1) is 0 Å². The third kappa shape index (κ3) is 2.93. The molecule has 0 atom stereocenters. The molecule has 3 rings (SSSR count). The second kappa shape index (κ2) is 6.40. The maximum absolute atomic E-state index is 12.7. The van der Waals surface area contributed by atoms with E-state index in [1.807, 2.05) is 29.8 Å². The lowest BCUT2D eigenvalue weighted by Crippen LogP contribution is -2.58. The van der Waals surface area contributed by atoms with Crippen LogP contribution in [-0.2, 0) is 16.1 Å². The Hall–Kier alpha value is -2.37. The van der Waals surface area contributed by atoms with Crippen molar-refractivity contribution in [2.45, 2.75) is 51.6 Å². The second-order valence-electron chi connectivity index (χ2n) is 6.00. The van der Waals surface area contributed by atoms with Crippen LogP contribution in [0.1, 0.15) is 44.7 Å². The topological polar surface area (TPSA) is 71.4 Å². The molecule has 2 heterocycles. The third-order valence-corrected chi connectivity index (χ3v) is 4.57. The van der Waals surface area contributed by atoms with Crippen LogP contribution in [0.15, 0.2) is 23.9 Å². The highest BCUT2D eigenvalue weighted by Gasteiger charge is 2.40. The van der Waals surface area contributed by atoms with Gasteiger partial charge in [-0.3, -0.25) is 19.8 Å². The summed E-state index contributed by atoms with van der Waals surface area (Å²) in [5.41, 5.74) is 0.813. The van der Waals surface area contributed by atoms with Crippen LogP contribution in [0.4, 0.5) is 4.79 Å². The molecular formula is C17H21N3O3. The molecule has 0 aromatic carbocycles. The molecular weight excluding hydrogens is 294 g/mol. The van der Waals surface area contributed by atoms with E-state index in [0.29, 0.717) is 0 Å². The molecule has 1 aromatic rings. The zero-order valence-electron chi connectivity index (χ0n) is 13.2. The fourth-order valence-corrected chi connectivity index (χ4v) is 3.34. The maximum atomic E-state index is 12.7. The maximum Gasteiger partial charge on any atom is 0.331 e. The SMILES string of the molecule is CCn1cccc1C=C1C(=O)NC(=O)N(C2CCCCC2)C1=O. The second-order valence-corrected chi connectivity index (χ2v) is 6.00. The molecule has 1 N–H and O–H groups in total. The summed E-state index contributed by atoms with van der Waals surface area (Å²) >= 11 is 0. The normalized spacial score (nSPS) is 21.9. The molecule has 2 aliphatic rings. The van der Waals surface area contributed by atoms with E-state index in [4.69, 9.17) is 0 Å². The van der Waals surface area contributed by atoms with Crippen molar-refractivity contribution in [3.05, 3.63) is 29.6 Å². The predicted molar refractivity (Wildman–Crippen MR) is 85.3 cm³/mol. The highest BCUT2D eigenvalue weighted by molar-refractivity contribution is 6.31. The van der Waals surface area contributed by atoms with Crippen molar-refractivity contribution in [2.24, 2.45) is 0 Å². The first kappa shape index (κ1) is 15.5. The summed E-state index contributed by atoms with van der Waals surface area (Å²) in [6, 6.07) is 3.02. The lowest BCUT2D eigenvalue weighted by atomic mass is 9.93. The molecule has 1 saturated heterocycles. The van der Waals surface area contributed by atoms with Crippen LogP contribution in [0.25, 0.3) is 6.08 Å². The molecule has 0 bridgehead atoms. The summed E-state index contributed by atoms with van der Waals surface area (Å²) in [5, 5.41) is 2.31. The number of rotatable bonds is 3. The number of carbonyl (C=O) groups is 3. The zero-order valence-corrected chi connectivity index (χ0v) is 13.2. The van der Waals surface area contributed by atoms with E-state index in [2.05, 4.69) is 5.32 Å². The third-order valence-electron chi connectivity index (χ3n) is 4.57. The van der Waals surface area contributed by atoms with Gasteiger partial charge in [-0.2, -0.15) is 0 Å². The number of hydrogen-bond donors (Lipinski definition) is 1. The molecule has 23 heavy (non-hydrogen) atoms. The van der Waals surface area contributed by atoms with Crippen molar-refractivity contribution in [3.63, 3.8) is 0 Å². The molecule has 1 aliphatic carbocycles. The summed E-state index contributed by atoms with van der Waals surface area (Å²) in [5.74, 6) is -1.09. The quantitative estimate of drug-likeness (QED) is 0.687. The molecule has 4 amide bonds. The van der Waals surface area contributed by atoms with Gasteiger partial charge in [0.15, 0.2) is 0 Å². The van der Waals surface area contributed by atoms with Crippen molar-refractivity contribution in [1.82, 2.24) is 14.8 Å². The molecule has 1 saturated carbocycles. The Kier molecular flexibility index (Phi) is 4.32. The van der Waals surface area contributed by atoms with Gasteiger partial charge >= 0.3 is 6.03 Å². The molecule has 0 spiro atoms. The summed E-state index contributed by atoms with van der Waals surface area (Å²) < 4.78 is 1.94. The molecule has 0 unspecified atom stereocenters. The zero-order chi connectivity index (χ0) is 16.4. The molecule has 0 radical (unpaired) electrons. The lowest BCUT2D eigenvalue weighted by molar-refractivity contribution is -0.132. The smallest absolute Gasteiger partial charge is 0.331 e. The van der Waals surface area contributed by atoms with E-state index in [1.54, 1.807) is 6.08 Å². The van der Waals surface area contributed by atoms with Crippen molar-refractivity contribution < 1.29 is 14.4 Å². The van der Waals surface area contributed by atoms with E-state index in [9.17, 15) is 14.4 Å². The van der Waals surface area contributed by atoms with Gasteiger partial charge in [0.1, 0.15) is 5.57 Å². The van der Waals surface area contributed by atoms with Crippen LogP contribution < -0.4 is 5.32 Å². The van der Waals surface area contributed by atoms with E-state index < -0.39 is 17.8 Å². The molecule has 2 fully saturated rings. The van der Waals surface area contributed by atoms with Gasteiger partial charge in [-0.05, 0) is 38.0 Å². The van der Waals surface area contributed by atoms with Crippen LogP contribution >= 0.6 is 0 Å². The minimum absolute atomic E-state index is 0.0311. The fraction of sp³-hybridized carbons (Fsp3) is 0.471. The van der Waals surface area contributed by atoms with Crippen molar-refractivity contribution in [1.29, 1.82) is 0 Å². The Bertz CT molecular complexity index is 668. The van der Waals surface area contributed by atoms with E-state index in [1.165, 1.54) is 4.90 Å². The van der Waals surface area contributed by atoms with Crippen LogP contribution in [-0.4, -0.2) is 33.4 Å². The first-order valence-electron chi connectivity index (χ1n) is 8.17. The Morgan fingerprint density at radius 2 is 1.96 bits per heavy atom. The highest BCUT2D eigenvalue weighted by atomic mass is 16.2. The first-order valence-corrected chi connectivity index (χ1v) is 8.17. The number of aromatic nitrogens is 1. The van der Waals surface area contributed by atoms with Crippen molar-refractivity contribution in [3.8, 4) is 0 Å². The van der Waals surface area contributed by atoms with Gasteiger partial charge in [0.25, 0.3) is 11.8 Å². The Morgan fingerprint density at radius 3 is 2.65 bits per heavy atom. The number of nitrogens with one attached hydrogen (secondary N) is 1. The van der Waals surface area contributed by atoms with Crippen LogP contribution in [0.2, 0.25) is 0 Å². The monoisotopic (exact) mass is 315 g/mol. The van der Waals surface area contributed by atoms with Crippen LogP contribution in [0, 0.1) is 0 Å². The molecule has 1 aliphatic heterocycles.